The third-order valence-corrected chi connectivity index (χ3v) is 5.24. The summed E-state index contributed by atoms with van der Waals surface area (Å²) in [4.78, 5) is 28.4. The molecular weight excluding hydrogens is 355 g/mol. The van der Waals surface area contributed by atoms with Crippen molar-refractivity contribution >= 4 is 28.9 Å². The molecule has 0 fully saturated rings. The molecule has 0 aliphatic carbocycles. The lowest BCUT2D eigenvalue weighted by molar-refractivity contribution is -0.116. The van der Waals surface area contributed by atoms with E-state index >= 15 is 0 Å². The standard InChI is InChI=1S/C19H15FN2O3S/c1-9-14(19(24)25-2)16(17(21-9)10-5-6-26-8-10)15-12-7-11(20)3-4-13(12)22-18(15)23/h3-8,15,21H,1-2H3,(H,22,23). The fraction of sp³-hybridized carbons (Fsp3) is 0.158. The predicted octanol–water partition coefficient (Wildman–Crippen LogP) is 4.06. The van der Waals surface area contributed by atoms with Gasteiger partial charge in [-0.3, -0.25) is 4.79 Å². The summed E-state index contributed by atoms with van der Waals surface area (Å²) in [5.74, 6) is -2.07. The number of halogens is 1. The number of ether oxygens (including phenoxy) is 1. The summed E-state index contributed by atoms with van der Waals surface area (Å²) < 4.78 is 18.8. The van der Waals surface area contributed by atoms with Gasteiger partial charge in [0.2, 0.25) is 5.91 Å². The molecule has 1 aromatic carbocycles. The molecule has 0 bridgehead atoms. The first-order chi connectivity index (χ1) is 12.5. The van der Waals surface area contributed by atoms with Crippen LogP contribution in [0.4, 0.5) is 10.1 Å². The first-order valence-electron chi connectivity index (χ1n) is 7.95. The van der Waals surface area contributed by atoms with Gasteiger partial charge in [-0.2, -0.15) is 11.3 Å². The predicted molar refractivity (Wildman–Crippen MR) is 97.1 cm³/mol. The average Bonchev–Trinajstić information content (AvgIpc) is 3.31. The first kappa shape index (κ1) is 16.5. The lowest BCUT2D eigenvalue weighted by Crippen LogP contribution is -2.17. The normalized spacial score (nSPS) is 15.7. The minimum Gasteiger partial charge on any atom is -0.465 e. The Kier molecular flexibility index (Phi) is 3.88. The molecular formula is C19H15FN2O3S. The number of hydrogen-bond donors (Lipinski definition) is 2. The molecule has 0 radical (unpaired) electrons. The summed E-state index contributed by atoms with van der Waals surface area (Å²) in [5.41, 5.74) is 4.01. The highest BCUT2D eigenvalue weighted by Gasteiger charge is 2.39. The van der Waals surface area contributed by atoms with Gasteiger partial charge in [-0.15, -0.1) is 0 Å². The van der Waals surface area contributed by atoms with Crippen molar-refractivity contribution in [3.8, 4) is 11.3 Å². The van der Waals surface area contributed by atoms with Gasteiger partial charge in [0.15, 0.2) is 0 Å². The second-order valence-electron chi connectivity index (χ2n) is 6.07. The van der Waals surface area contributed by atoms with Gasteiger partial charge in [0.05, 0.1) is 24.3 Å². The van der Waals surface area contributed by atoms with E-state index in [0.717, 1.165) is 5.56 Å². The number of H-pyrrole nitrogens is 1. The molecule has 0 saturated heterocycles. The zero-order chi connectivity index (χ0) is 18.4. The maximum atomic E-state index is 13.8. The van der Waals surface area contributed by atoms with Gasteiger partial charge in [-0.05, 0) is 42.1 Å². The second-order valence-corrected chi connectivity index (χ2v) is 6.85. The van der Waals surface area contributed by atoms with Crippen molar-refractivity contribution in [2.75, 3.05) is 12.4 Å². The van der Waals surface area contributed by atoms with Gasteiger partial charge in [0.25, 0.3) is 0 Å². The molecule has 2 N–H and O–H groups in total. The number of benzene rings is 1. The number of fused-ring (bicyclic) bond motifs is 1. The number of nitrogens with one attached hydrogen (secondary N) is 2. The van der Waals surface area contributed by atoms with Crippen LogP contribution in [0.25, 0.3) is 11.3 Å². The van der Waals surface area contributed by atoms with Crippen LogP contribution < -0.4 is 5.32 Å². The third-order valence-electron chi connectivity index (χ3n) is 4.56. The molecule has 2 aromatic heterocycles. The quantitative estimate of drug-likeness (QED) is 0.683. The zero-order valence-electron chi connectivity index (χ0n) is 14.1. The number of aromatic amines is 1. The highest BCUT2D eigenvalue weighted by atomic mass is 32.1. The molecule has 1 amide bonds. The SMILES string of the molecule is COC(=O)c1c(C)[nH]c(-c2ccsc2)c1C1C(=O)Nc2ccc(F)cc21. The molecule has 0 spiro atoms. The highest BCUT2D eigenvalue weighted by Crippen LogP contribution is 2.44. The molecule has 132 valence electrons. The maximum absolute atomic E-state index is 13.8. The molecule has 1 aliphatic heterocycles. The van der Waals surface area contributed by atoms with Crippen LogP contribution >= 0.6 is 11.3 Å². The van der Waals surface area contributed by atoms with E-state index in [9.17, 15) is 14.0 Å². The molecule has 0 saturated carbocycles. The van der Waals surface area contributed by atoms with Crippen molar-refractivity contribution in [1.29, 1.82) is 0 Å². The Bertz CT molecular complexity index is 1020. The van der Waals surface area contributed by atoms with Crippen LogP contribution in [0.1, 0.15) is 33.1 Å². The molecule has 1 atom stereocenters. The Morgan fingerprint density at radius 2 is 2.12 bits per heavy atom. The summed E-state index contributed by atoms with van der Waals surface area (Å²) in [5, 5.41) is 6.61. The van der Waals surface area contributed by atoms with Crippen LogP contribution in [0.2, 0.25) is 0 Å². The first-order valence-corrected chi connectivity index (χ1v) is 8.89. The van der Waals surface area contributed by atoms with Crippen molar-refractivity contribution in [2.45, 2.75) is 12.8 Å². The number of anilines is 1. The van der Waals surface area contributed by atoms with E-state index in [1.54, 1.807) is 6.92 Å². The van der Waals surface area contributed by atoms with Crippen LogP contribution in [-0.2, 0) is 9.53 Å². The number of carbonyl (C=O) groups excluding carboxylic acids is 2. The van der Waals surface area contributed by atoms with Gasteiger partial charge in [0, 0.05) is 27.9 Å². The van der Waals surface area contributed by atoms with Crippen molar-refractivity contribution < 1.29 is 18.7 Å². The summed E-state index contributed by atoms with van der Waals surface area (Å²) in [6, 6.07) is 6.06. The molecule has 1 aliphatic rings. The van der Waals surface area contributed by atoms with Crippen LogP contribution in [0.3, 0.4) is 0 Å². The minimum absolute atomic E-state index is 0.300. The number of aryl methyl sites for hydroxylation is 1. The van der Waals surface area contributed by atoms with Crippen LogP contribution in [0, 0.1) is 12.7 Å². The van der Waals surface area contributed by atoms with E-state index in [2.05, 4.69) is 10.3 Å². The molecule has 1 unspecified atom stereocenters. The molecule has 7 heteroatoms. The molecule has 4 rings (SSSR count). The zero-order valence-corrected chi connectivity index (χ0v) is 14.9. The van der Waals surface area contributed by atoms with Crippen molar-refractivity contribution in [3.05, 3.63) is 63.2 Å². The van der Waals surface area contributed by atoms with Crippen molar-refractivity contribution in [1.82, 2.24) is 4.98 Å². The van der Waals surface area contributed by atoms with E-state index in [4.69, 9.17) is 4.74 Å². The van der Waals surface area contributed by atoms with E-state index in [0.29, 0.717) is 33.8 Å². The minimum atomic E-state index is -0.797. The molecule has 26 heavy (non-hydrogen) atoms. The van der Waals surface area contributed by atoms with Gasteiger partial charge in [-0.1, -0.05) is 0 Å². The van der Waals surface area contributed by atoms with Crippen LogP contribution in [0.5, 0.6) is 0 Å². The van der Waals surface area contributed by atoms with Crippen LogP contribution in [-0.4, -0.2) is 24.0 Å². The Morgan fingerprint density at radius 1 is 1.31 bits per heavy atom. The lowest BCUT2D eigenvalue weighted by atomic mass is 9.88. The number of amides is 1. The Labute approximate surface area is 152 Å². The van der Waals surface area contributed by atoms with Crippen LogP contribution in [0.15, 0.2) is 35.0 Å². The number of carbonyl (C=O) groups is 2. The largest absolute Gasteiger partial charge is 0.465 e. The second kappa shape index (κ2) is 6.10. The Hall–Kier alpha value is -2.93. The third kappa shape index (κ3) is 2.43. The van der Waals surface area contributed by atoms with E-state index in [1.807, 2.05) is 16.8 Å². The summed E-state index contributed by atoms with van der Waals surface area (Å²) >= 11 is 1.51. The smallest absolute Gasteiger partial charge is 0.340 e. The van der Waals surface area contributed by atoms with E-state index in [1.165, 1.54) is 36.6 Å². The number of methoxy groups -OCH3 is 1. The number of hydrogen-bond acceptors (Lipinski definition) is 4. The topological polar surface area (TPSA) is 71.2 Å². The van der Waals surface area contributed by atoms with Gasteiger partial charge >= 0.3 is 5.97 Å². The van der Waals surface area contributed by atoms with E-state index < -0.39 is 17.7 Å². The highest BCUT2D eigenvalue weighted by molar-refractivity contribution is 7.08. The number of esters is 1. The lowest BCUT2D eigenvalue weighted by Gasteiger charge is -2.13. The maximum Gasteiger partial charge on any atom is 0.340 e. The summed E-state index contributed by atoms with van der Waals surface area (Å²) in [6.07, 6.45) is 0. The van der Waals surface area contributed by atoms with Gasteiger partial charge in [0.1, 0.15) is 5.82 Å². The molecule has 3 aromatic rings. The monoisotopic (exact) mass is 370 g/mol. The van der Waals surface area contributed by atoms with Gasteiger partial charge in [-0.25, -0.2) is 9.18 Å². The number of rotatable bonds is 3. The fourth-order valence-electron chi connectivity index (χ4n) is 3.45. The Balaban J connectivity index is 2.01. The van der Waals surface area contributed by atoms with Gasteiger partial charge < -0.3 is 15.0 Å². The van der Waals surface area contributed by atoms with E-state index in [-0.39, 0.29) is 5.91 Å². The number of thiophene rings is 1. The number of aromatic nitrogens is 1. The average molecular weight is 370 g/mol. The Morgan fingerprint density at radius 3 is 2.81 bits per heavy atom. The molecule has 5 nitrogen and oxygen atoms in total. The fourth-order valence-corrected chi connectivity index (χ4v) is 4.10. The summed E-state index contributed by atoms with van der Waals surface area (Å²) in [7, 11) is 1.30. The van der Waals surface area contributed by atoms with Crippen molar-refractivity contribution in [2.24, 2.45) is 0 Å². The van der Waals surface area contributed by atoms with Crippen molar-refractivity contribution in [3.63, 3.8) is 0 Å². The molecule has 3 heterocycles. The summed E-state index contributed by atoms with van der Waals surface area (Å²) in [6.45, 7) is 1.75.